The molecule has 4 nitrogen and oxygen atoms in total. The van der Waals surface area contributed by atoms with Gasteiger partial charge in [-0.3, -0.25) is 9.59 Å². The summed E-state index contributed by atoms with van der Waals surface area (Å²) < 4.78 is 12.7. The van der Waals surface area contributed by atoms with Gasteiger partial charge in [-0.05, 0) is 30.3 Å². The molecular formula is C12H11FN2O2. The largest absolute Gasteiger partial charge is 0.339 e. The number of hydrogen-bond donors (Lipinski definition) is 1. The fourth-order valence-electron chi connectivity index (χ4n) is 1.62. The molecule has 2 rings (SSSR count). The maximum absolute atomic E-state index is 12.7. The van der Waals surface area contributed by atoms with Crippen molar-refractivity contribution >= 4 is 17.5 Å². The van der Waals surface area contributed by atoms with E-state index in [-0.39, 0.29) is 17.6 Å². The molecule has 1 atom stereocenters. The molecule has 1 aliphatic heterocycles. The van der Waals surface area contributed by atoms with E-state index in [1.54, 1.807) is 0 Å². The van der Waals surface area contributed by atoms with Gasteiger partial charge in [0.15, 0.2) is 0 Å². The number of hydrogen-bond acceptors (Lipinski definition) is 2. The van der Waals surface area contributed by atoms with E-state index in [0.29, 0.717) is 12.2 Å². The molecule has 1 heterocycles. The third-order valence-corrected chi connectivity index (χ3v) is 2.57. The molecule has 1 aromatic rings. The van der Waals surface area contributed by atoms with Crippen LogP contribution in [0.5, 0.6) is 0 Å². The van der Waals surface area contributed by atoms with Crippen LogP contribution in [0.2, 0.25) is 0 Å². The zero-order valence-electron chi connectivity index (χ0n) is 9.02. The van der Waals surface area contributed by atoms with E-state index in [1.165, 1.54) is 29.2 Å². The number of nitrogens with one attached hydrogen (secondary N) is 1. The average molecular weight is 234 g/mol. The summed E-state index contributed by atoms with van der Waals surface area (Å²) in [5.74, 6) is -0.924. The lowest BCUT2D eigenvalue weighted by molar-refractivity contribution is -0.128. The highest BCUT2D eigenvalue weighted by molar-refractivity contribution is 6.06. The van der Waals surface area contributed by atoms with Crippen molar-refractivity contribution < 1.29 is 14.0 Å². The SMILES string of the molecule is C=CC(=O)N[C@@H]1CN(c2ccc(F)cc2)C1=O. The minimum Gasteiger partial charge on any atom is -0.339 e. The first kappa shape index (κ1) is 11.3. The van der Waals surface area contributed by atoms with Crippen molar-refractivity contribution in [3.8, 4) is 0 Å². The van der Waals surface area contributed by atoms with Crippen LogP contribution in [0.25, 0.3) is 0 Å². The van der Waals surface area contributed by atoms with Gasteiger partial charge in [0.2, 0.25) is 5.91 Å². The molecule has 1 saturated heterocycles. The van der Waals surface area contributed by atoms with Crippen LogP contribution >= 0.6 is 0 Å². The molecule has 1 aromatic carbocycles. The lowest BCUT2D eigenvalue weighted by atomic mass is 10.1. The van der Waals surface area contributed by atoms with Crippen molar-refractivity contribution in [2.45, 2.75) is 6.04 Å². The maximum Gasteiger partial charge on any atom is 0.251 e. The molecule has 88 valence electrons. The van der Waals surface area contributed by atoms with E-state index in [0.717, 1.165) is 6.08 Å². The number of carbonyl (C=O) groups excluding carboxylic acids is 2. The van der Waals surface area contributed by atoms with Crippen LogP contribution in [0, 0.1) is 5.82 Å². The molecule has 1 aliphatic rings. The molecule has 0 aliphatic carbocycles. The molecule has 0 bridgehead atoms. The van der Waals surface area contributed by atoms with Crippen LogP contribution in [0.3, 0.4) is 0 Å². The number of β-lactam (4-membered cyclic amide) rings is 1. The number of carbonyl (C=O) groups is 2. The summed E-state index contributed by atoms with van der Waals surface area (Å²) in [6.07, 6.45) is 1.12. The lowest BCUT2D eigenvalue weighted by Gasteiger charge is -2.38. The topological polar surface area (TPSA) is 49.4 Å². The van der Waals surface area contributed by atoms with E-state index < -0.39 is 6.04 Å². The molecular weight excluding hydrogens is 223 g/mol. The number of amides is 2. The Balaban J connectivity index is 1.99. The third-order valence-electron chi connectivity index (χ3n) is 2.57. The summed E-state index contributed by atoms with van der Waals surface area (Å²) in [5.41, 5.74) is 0.625. The second-order valence-electron chi connectivity index (χ2n) is 3.69. The Bertz CT molecular complexity index is 470. The third kappa shape index (κ3) is 2.18. The second-order valence-corrected chi connectivity index (χ2v) is 3.69. The monoisotopic (exact) mass is 234 g/mol. The number of nitrogens with zero attached hydrogens (tertiary/aromatic N) is 1. The highest BCUT2D eigenvalue weighted by Crippen LogP contribution is 2.22. The second kappa shape index (κ2) is 4.37. The van der Waals surface area contributed by atoms with Crippen molar-refractivity contribution in [1.29, 1.82) is 0 Å². The Labute approximate surface area is 97.7 Å². The summed E-state index contributed by atoms with van der Waals surface area (Å²) in [6, 6.07) is 5.12. The van der Waals surface area contributed by atoms with Gasteiger partial charge in [-0.1, -0.05) is 6.58 Å². The van der Waals surface area contributed by atoms with E-state index in [9.17, 15) is 14.0 Å². The van der Waals surface area contributed by atoms with Crippen molar-refractivity contribution in [3.63, 3.8) is 0 Å². The highest BCUT2D eigenvalue weighted by Gasteiger charge is 2.38. The van der Waals surface area contributed by atoms with Gasteiger partial charge in [0.1, 0.15) is 11.9 Å². The van der Waals surface area contributed by atoms with E-state index in [1.807, 2.05) is 0 Å². The summed E-state index contributed by atoms with van der Waals surface area (Å²) in [7, 11) is 0. The molecule has 0 saturated carbocycles. The van der Waals surface area contributed by atoms with Crippen LogP contribution in [-0.2, 0) is 9.59 Å². The van der Waals surface area contributed by atoms with Gasteiger partial charge in [-0.25, -0.2) is 4.39 Å². The zero-order valence-corrected chi connectivity index (χ0v) is 9.02. The average Bonchev–Trinajstić information content (AvgIpc) is 2.34. The van der Waals surface area contributed by atoms with Crippen LogP contribution in [0.15, 0.2) is 36.9 Å². The molecule has 0 aromatic heterocycles. The van der Waals surface area contributed by atoms with Gasteiger partial charge < -0.3 is 10.2 Å². The molecule has 0 spiro atoms. The number of anilines is 1. The van der Waals surface area contributed by atoms with Gasteiger partial charge in [0, 0.05) is 5.69 Å². The molecule has 1 fully saturated rings. The van der Waals surface area contributed by atoms with Gasteiger partial charge in [-0.15, -0.1) is 0 Å². The van der Waals surface area contributed by atoms with Gasteiger partial charge in [-0.2, -0.15) is 0 Å². The van der Waals surface area contributed by atoms with E-state index in [4.69, 9.17) is 0 Å². The van der Waals surface area contributed by atoms with Crippen LogP contribution < -0.4 is 10.2 Å². The van der Waals surface area contributed by atoms with Gasteiger partial charge in [0.25, 0.3) is 5.91 Å². The van der Waals surface area contributed by atoms with E-state index in [2.05, 4.69) is 11.9 Å². The van der Waals surface area contributed by atoms with Gasteiger partial charge >= 0.3 is 0 Å². The number of rotatable bonds is 3. The van der Waals surface area contributed by atoms with Crippen molar-refractivity contribution in [2.24, 2.45) is 0 Å². The van der Waals surface area contributed by atoms with Crippen LogP contribution in [-0.4, -0.2) is 24.4 Å². The first-order valence-electron chi connectivity index (χ1n) is 5.11. The fraction of sp³-hybridized carbons (Fsp3) is 0.167. The molecule has 17 heavy (non-hydrogen) atoms. The Morgan fingerprint density at radius 1 is 1.47 bits per heavy atom. The van der Waals surface area contributed by atoms with Gasteiger partial charge in [0.05, 0.1) is 6.54 Å². The van der Waals surface area contributed by atoms with Crippen molar-refractivity contribution in [1.82, 2.24) is 5.32 Å². The first-order chi connectivity index (χ1) is 8.11. The first-order valence-corrected chi connectivity index (χ1v) is 5.11. The number of halogens is 1. The Hall–Kier alpha value is -2.17. The summed E-state index contributed by atoms with van der Waals surface area (Å²) in [5, 5.41) is 2.50. The van der Waals surface area contributed by atoms with Crippen molar-refractivity contribution in [2.75, 3.05) is 11.4 Å². The predicted octanol–water partition coefficient (Wildman–Crippen LogP) is 0.843. The molecule has 5 heteroatoms. The summed E-state index contributed by atoms with van der Waals surface area (Å²) in [6.45, 7) is 3.70. The maximum atomic E-state index is 12.7. The minimum absolute atomic E-state index is 0.202. The Morgan fingerprint density at radius 2 is 2.12 bits per heavy atom. The zero-order chi connectivity index (χ0) is 12.4. The standard InChI is InChI=1S/C12H11FN2O2/c1-2-11(16)14-10-7-15(12(10)17)9-5-3-8(13)4-6-9/h2-6,10H,1,7H2,(H,14,16)/t10-/m1/s1. The minimum atomic E-state index is -0.509. The summed E-state index contributed by atoms with van der Waals surface area (Å²) >= 11 is 0. The molecule has 0 radical (unpaired) electrons. The Kier molecular flexibility index (Phi) is 2.91. The molecule has 2 amide bonds. The molecule has 1 N–H and O–H groups in total. The van der Waals surface area contributed by atoms with Crippen LogP contribution in [0.4, 0.5) is 10.1 Å². The van der Waals surface area contributed by atoms with Crippen LogP contribution in [0.1, 0.15) is 0 Å². The lowest BCUT2D eigenvalue weighted by Crippen LogP contribution is -2.64. The molecule has 0 unspecified atom stereocenters. The van der Waals surface area contributed by atoms with Crippen molar-refractivity contribution in [3.05, 3.63) is 42.7 Å². The predicted molar refractivity (Wildman–Crippen MR) is 60.9 cm³/mol. The highest BCUT2D eigenvalue weighted by atomic mass is 19.1. The van der Waals surface area contributed by atoms with E-state index >= 15 is 0 Å². The summed E-state index contributed by atoms with van der Waals surface area (Å²) in [4.78, 5) is 24.2. The quantitative estimate of drug-likeness (QED) is 0.622. The Morgan fingerprint density at radius 3 is 2.65 bits per heavy atom. The fourth-order valence-corrected chi connectivity index (χ4v) is 1.62. The number of benzene rings is 1. The smallest absolute Gasteiger partial charge is 0.251 e. The normalized spacial score (nSPS) is 18.5.